The third-order valence-electron chi connectivity index (χ3n) is 5.51. The summed E-state index contributed by atoms with van der Waals surface area (Å²) in [5.74, 6) is 0.902. The van der Waals surface area contributed by atoms with Crippen molar-refractivity contribution in [2.24, 2.45) is 7.05 Å². The first kappa shape index (κ1) is 18.1. The van der Waals surface area contributed by atoms with E-state index in [0.29, 0.717) is 0 Å². The molecule has 7 nitrogen and oxygen atoms in total. The van der Waals surface area contributed by atoms with Crippen molar-refractivity contribution < 1.29 is 9.47 Å². The van der Waals surface area contributed by atoms with E-state index in [1.165, 1.54) is 0 Å². The molecular weight excluding hydrogens is 366 g/mol. The van der Waals surface area contributed by atoms with Crippen molar-refractivity contribution in [3.63, 3.8) is 0 Å². The molecule has 1 aliphatic rings. The number of hydrogen-bond donors (Lipinski definition) is 1. The van der Waals surface area contributed by atoms with Crippen LogP contribution in [0.15, 0.2) is 42.7 Å². The minimum absolute atomic E-state index is 0.728. The van der Waals surface area contributed by atoms with E-state index in [-0.39, 0.29) is 0 Å². The zero-order valence-electron chi connectivity index (χ0n) is 16.6. The van der Waals surface area contributed by atoms with Crippen molar-refractivity contribution in [1.29, 1.82) is 0 Å². The van der Waals surface area contributed by atoms with Gasteiger partial charge in [-0.1, -0.05) is 0 Å². The molecule has 0 spiro atoms. The highest BCUT2D eigenvalue weighted by atomic mass is 16.5. The standard InChI is InChI=1S/C22H25N5O2/c1-26-21-17(15-24-26)14-23-22-19(21)13-20(25-22)16-3-5-18(6-4-16)29-10-2-7-27-8-11-28-12-9-27/h3-6,13-15H,2,7-12H2,1H3,(H,23,25). The largest absolute Gasteiger partial charge is 0.494 e. The third-order valence-corrected chi connectivity index (χ3v) is 5.51. The molecule has 1 fully saturated rings. The lowest BCUT2D eigenvalue weighted by Crippen LogP contribution is -2.37. The maximum atomic E-state index is 5.92. The molecule has 0 saturated carbocycles. The van der Waals surface area contributed by atoms with Crippen molar-refractivity contribution in [2.45, 2.75) is 6.42 Å². The van der Waals surface area contributed by atoms with Gasteiger partial charge in [-0.05, 0) is 42.3 Å². The minimum Gasteiger partial charge on any atom is -0.494 e. The number of hydrogen-bond acceptors (Lipinski definition) is 5. The molecule has 0 bridgehead atoms. The summed E-state index contributed by atoms with van der Waals surface area (Å²) in [7, 11) is 1.96. The van der Waals surface area contributed by atoms with Crippen molar-refractivity contribution in [3.05, 3.63) is 42.7 Å². The maximum absolute atomic E-state index is 5.92. The van der Waals surface area contributed by atoms with Gasteiger partial charge >= 0.3 is 0 Å². The molecule has 29 heavy (non-hydrogen) atoms. The van der Waals surface area contributed by atoms with Gasteiger partial charge in [0.05, 0.1) is 31.5 Å². The lowest BCUT2D eigenvalue weighted by molar-refractivity contribution is 0.0358. The summed E-state index contributed by atoms with van der Waals surface area (Å²) in [5, 5.41) is 6.47. The van der Waals surface area contributed by atoms with Gasteiger partial charge in [-0.3, -0.25) is 9.58 Å². The fourth-order valence-corrected chi connectivity index (χ4v) is 3.93. The monoisotopic (exact) mass is 391 g/mol. The van der Waals surface area contributed by atoms with Gasteiger partial charge in [0, 0.05) is 49.3 Å². The van der Waals surface area contributed by atoms with Crippen LogP contribution in [0.2, 0.25) is 0 Å². The molecule has 1 N–H and O–H groups in total. The average Bonchev–Trinajstić information content (AvgIpc) is 3.36. The number of nitrogens with one attached hydrogen (secondary N) is 1. The summed E-state index contributed by atoms with van der Waals surface area (Å²) in [5.41, 5.74) is 4.12. The van der Waals surface area contributed by atoms with Gasteiger partial charge in [-0.15, -0.1) is 0 Å². The van der Waals surface area contributed by atoms with Crippen LogP contribution in [-0.2, 0) is 11.8 Å². The molecule has 4 heterocycles. The first-order valence-corrected chi connectivity index (χ1v) is 10.1. The summed E-state index contributed by atoms with van der Waals surface area (Å²) in [6, 6.07) is 10.4. The number of aromatic nitrogens is 4. The predicted octanol–water partition coefficient (Wildman–Crippen LogP) is 3.22. The second-order valence-corrected chi connectivity index (χ2v) is 7.46. The number of ether oxygens (including phenoxy) is 2. The Labute approximate surface area is 169 Å². The molecule has 0 aliphatic carbocycles. The quantitative estimate of drug-likeness (QED) is 0.511. The number of pyridine rings is 1. The topological polar surface area (TPSA) is 68.2 Å². The highest BCUT2D eigenvalue weighted by Gasteiger charge is 2.11. The molecule has 150 valence electrons. The van der Waals surface area contributed by atoms with Crippen molar-refractivity contribution in [1.82, 2.24) is 24.6 Å². The van der Waals surface area contributed by atoms with Crippen LogP contribution in [0.25, 0.3) is 33.2 Å². The lowest BCUT2D eigenvalue weighted by Gasteiger charge is -2.26. The molecule has 0 amide bonds. The van der Waals surface area contributed by atoms with Gasteiger partial charge in [0.15, 0.2) is 0 Å². The zero-order valence-corrected chi connectivity index (χ0v) is 16.6. The van der Waals surface area contributed by atoms with E-state index in [0.717, 1.165) is 84.8 Å². The molecule has 0 radical (unpaired) electrons. The number of benzene rings is 1. The second kappa shape index (κ2) is 7.85. The van der Waals surface area contributed by atoms with E-state index in [1.54, 1.807) is 0 Å². The van der Waals surface area contributed by atoms with Gasteiger partial charge in [0.1, 0.15) is 11.4 Å². The van der Waals surface area contributed by atoms with Crippen molar-refractivity contribution in [3.8, 4) is 17.0 Å². The summed E-state index contributed by atoms with van der Waals surface area (Å²) < 4.78 is 13.2. The van der Waals surface area contributed by atoms with E-state index in [2.05, 4.69) is 38.2 Å². The van der Waals surface area contributed by atoms with Gasteiger partial charge < -0.3 is 14.5 Å². The average molecular weight is 391 g/mol. The van der Waals surface area contributed by atoms with E-state index >= 15 is 0 Å². The summed E-state index contributed by atoms with van der Waals surface area (Å²) in [6.45, 7) is 5.53. The third kappa shape index (κ3) is 3.71. The SMILES string of the molecule is Cn1ncc2cnc3[nH]c(-c4ccc(OCCCN5CCOCC5)cc4)cc3c21. The second-order valence-electron chi connectivity index (χ2n) is 7.46. The normalized spacial score (nSPS) is 15.3. The van der Waals surface area contributed by atoms with E-state index < -0.39 is 0 Å². The first-order valence-electron chi connectivity index (χ1n) is 10.1. The Kier molecular flexibility index (Phi) is 4.91. The highest BCUT2D eigenvalue weighted by molar-refractivity contribution is 6.04. The van der Waals surface area contributed by atoms with Gasteiger partial charge in [0.2, 0.25) is 0 Å². The van der Waals surface area contributed by atoms with Crippen molar-refractivity contribution >= 4 is 21.9 Å². The Morgan fingerprint density at radius 2 is 1.97 bits per heavy atom. The van der Waals surface area contributed by atoms with Crippen LogP contribution in [0.3, 0.4) is 0 Å². The number of aryl methyl sites for hydroxylation is 1. The van der Waals surface area contributed by atoms with E-state index in [9.17, 15) is 0 Å². The lowest BCUT2D eigenvalue weighted by atomic mass is 10.1. The molecule has 1 saturated heterocycles. The Morgan fingerprint density at radius 1 is 1.14 bits per heavy atom. The zero-order chi connectivity index (χ0) is 19.6. The Morgan fingerprint density at radius 3 is 2.79 bits per heavy atom. The van der Waals surface area contributed by atoms with Crippen molar-refractivity contribution in [2.75, 3.05) is 39.5 Å². The number of H-pyrrole nitrogens is 1. The Balaban J connectivity index is 1.25. The van der Waals surface area contributed by atoms with Crippen LogP contribution in [0.1, 0.15) is 6.42 Å². The highest BCUT2D eigenvalue weighted by Crippen LogP contribution is 2.29. The molecular formula is C22H25N5O2. The molecule has 4 aromatic rings. The fourth-order valence-electron chi connectivity index (χ4n) is 3.93. The molecule has 5 rings (SSSR count). The van der Waals surface area contributed by atoms with Gasteiger partial charge in [-0.25, -0.2) is 4.98 Å². The van der Waals surface area contributed by atoms with Crippen LogP contribution >= 0.6 is 0 Å². The van der Waals surface area contributed by atoms with Crippen LogP contribution in [0.4, 0.5) is 0 Å². The number of fused-ring (bicyclic) bond motifs is 3. The minimum atomic E-state index is 0.728. The molecule has 1 aromatic carbocycles. The molecule has 7 heteroatoms. The van der Waals surface area contributed by atoms with E-state index in [4.69, 9.17) is 9.47 Å². The predicted molar refractivity (Wildman–Crippen MR) is 113 cm³/mol. The summed E-state index contributed by atoms with van der Waals surface area (Å²) >= 11 is 0. The summed E-state index contributed by atoms with van der Waals surface area (Å²) in [4.78, 5) is 10.4. The number of nitrogens with zero attached hydrogens (tertiary/aromatic N) is 4. The molecule has 0 atom stereocenters. The Bertz CT molecular complexity index is 1110. The molecule has 1 aliphatic heterocycles. The van der Waals surface area contributed by atoms with Gasteiger partial charge in [0.25, 0.3) is 0 Å². The number of morpholine rings is 1. The van der Waals surface area contributed by atoms with E-state index in [1.807, 2.05) is 36.3 Å². The smallest absolute Gasteiger partial charge is 0.139 e. The number of rotatable bonds is 6. The molecule has 3 aromatic heterocycles. The van der Waals surface area contributed by atoms with Gasteiger partial charge in [-0.2, -0.15) is 5.10 Å². The Hall–Kier alpha value is -2.90. The maximum Gasteiger partial charge on any atom is 0.139 e. The van der Waals surface area contributed by atoms with Crippen LogP contribution in [0.5, 0.6) is 5.75 Å². The fraction of sp³-hybridized carbons (Fsp3) is 0.364. The summed E-state index contributed by atoms with van der Waals surface area (Å²) in [6.07, 6.45) is 4.73. The van der Waals surface area contributed by atoms with Crippen LogP contribution in [-0.4, -0.2) is 64.1 Å². The number of aromatic amines is 1. The first-order chi connectivity index (χ1) is 14.3. The van der Waals surface area contributed by atoms with Crippen LogP contribution in [0, 0.1) is 0 Å². The molecule has 0 unspecified atom stereocenters. The van der Waals surface area contributed by atoms with Crippen LogP contribution < -0.4 is 4.74 Å².